The molecule has 0 saturated carbocycles. The van der Waals surface area contributed by atoms with Crippen molar-refractivity contribution in [2.75, 3.05) is 20.1 Å². The summed E-state index contributed by atoms with van der Waals surface area (Å²) in [5.74, 6) is 3.09. The number of terminal acetylenes is 1. The van der Waals surface area contributed by atoms with Gasteiger partial charge in [0.15, 0.2) is 0 Å². The topological polar surface area (TPSA) is 32.3 Å². The molecular weight excluding hydrogens is 152 g/mol. The van der Waals surface area contributed by atoms with Gasteiger partial charge < -0.3 is 10.2 Å². The molecule has 0 unspecified atom stereocenters. The summed E-state index contributed by atoms with van der Waals surface area (Å²) < 4.78 is 0. The number of nitrogens with zero attached hydrogens (tertiary/aromatic N) is 1. The number of amides is 2. The Morgan fingerprint density at radius 1 is 1.58 bits per heavy atom. The first-order valence-electron chi connectivity index (χ1n) is 4.20. The van der Waals surface area contributed by atoms with Crippen molar-refractivity contribution < 1.29 is 4.79 Å². The Bertz CT molecular complexity index is 199. The number of rotatable bonds is 0. The summed E-state index contributed by atoms with van der Waals surface area (Å²) in [6.07, 6.45) is 7.16. The molecule has 0 aromatic heterocycles. The van der Waals surface area contributed by atoms with Crippen molar-refractivity contribution in [3.05, 3.63) is 0 Å². The zero-order chi connectivity index (χ0) is 8.97. The number of likely N-dealkylation sites (tertiary alicyclic amines) is 1. The number of nitrogens with one attached hydrogen (secondary N) is 1. The summed E-state index contributed by atoms with van der Waals surface area (Å²) in [6, 6.07) is 0.00507. The number of carbonyl (C=O) groups excluding carboxylic acids is 1. The Morgan fingerprint density at radius 2 is 2.17 bits per heavy atom. The Balaban J connectivity index is 2.37. The van der Waals surface area contributed by atoms with E-state index in [0.29, 0.717) is 5.92 Å². The predicted octanol–water partition coefficient (Wildman–Crippen LogP) is 0.671. The molecular formula is C9H14N2O. The second-order valence-electron chi connectivity index (χ2n) is 2.98. The average Bonchev–Trinajstić information content (AvgIpc) is 2.17. The summed E-state index contributed by atoms with van der Waals surface area (Å²) >= 11 is 0. The molecule has 0 aliphatic carbocycles. The number of piperidine rings is 1. The largest absolute Gasteiger partial charge is 0.341 e. The molecule has 1 fully saturated rings. The Labute approximate surface area is 73.1 Å². The minimum absolute atomic E-state index is 0.00507. The lowest BCUT2D eigenvalue weighted by atomic mass is 9.98. The molecule has 1 saturated heterocycles. The third-order valence-electron chi connectivity index (χ3n) is 2.23. The van der Waals surface area contributed by atoms with Crippen molar-refractivity contribution in [1.82, 2.24) is 10.2 Å². The maximum atomic E-state index is 11.1. The highest BCUT2D eigenvalue weighted by Crippen LogP contribution is 2.15. The summed E-state index contributed by atoms with van der Waals surface area (Å²) in [5.41, 5.74) is 0. The Hall–Kier alpha value is -1.17. The number of hydrogen-bond acceptors (Lipinski definition) is 1. The van der Waals surface area contributed by atoms with Crippen LogP contribution in [-0.4, -0.2) is 31.1 Å². The minimum Gasteiger partial charge on any atom is -0.341 e. The lowest BCUT2D eigenvalue weighted by Gasteiger charge is -2.29. The van der Waals surface area contributed by atoms with Crippen molar-refractivity contribution in [3.8, 4) is 12.3 Å². The van der Waals surface area contributed by atoms with E-state index in [4.69, 9.17) is 6.42 Å². The molecule has 66 valence electrons. The number of urea groups is 1. The molecule has 12 heavy (non-hydrogen) atoms. The van der Waals surface area contributed by atoms with Crippen LogP contribution in [0.2, 0.25) is 0 Å². The first-order chi connectivity index (χ1) is 5.77. The zero-order valence-corrected chi connectivity index (χ0v) is 7.34. The molecule has 0 atom stereocenters. The van der Waals surface area contributed by atoms with Crippen LogP contribution in [0.4, 0.5) is 4.79 Å². The van der Waals surface area contributed by atoms with Gasteiger partial charge in [0.1, 0.15) is 0 Å². The van der Waals surface area contributed by atoms with Gasteiger partial charge in [-0.3, -0.25) is 0 Å². The van der Waals surface area contributed by atoms with Gasteiger partial charge in [-0.25, -0.2) is 4.79 Å². The van der Waals surface area contributed by atoms with Crippen LogP contribution in [0, 0.1) is 18.3 Å². The van der Waals surface area contributed by atoms with Crippen molar-refractivity contribution in [2.24, 2.45) is 5.92 Å². The van der Waals surface area contributed by atoms with Gasteiger partial charge in [0.25, 0.3) is 0 Å². The van der Waals surface area contributed by atoms with Gasteiger partial charge in [-0.15, -0.1) is 12.3 Å². The quantitative estimate of drug-likeness (QED) is 0.527. The summed E-state index contributed by atoms with van der Waals surface area (Å²) in [6.45, 7) is 1.57. The minimum atomic E-state index is 0.00507. The Kier molecular flexibility index (Phi) is 2.98. The van der Waals surface area contributed by atoms with Crippen molar-refractivity contribution in [1.29, 1.82) is 0 Å². The predicted molar refractivity (Wildman–Crippen MR) is 47.6 cm³/mol. The van der Waals surface area contributed by atoms with Crippen molar-refractivity contribution in [2.45, 2.75) is 12.8 Å². The summed E-state index contributed by atoms with van der Waals surface area (Å²) in [4.78, 5) is 12.9. The lowest BCUT2D eigenvalue weighted by molar-refractivity contribution is 0.181. The van der Waals surface area contributed by atoms with E-state index in [9.17, 15) is 4.79 Å². The zero-order valence-electron chi connectivity index (χ0n) is 7.34. The van der Waals surface area contributed by atoms with E-state index in [2.05, 4.69) is 11.2 Å². The molecule has 0 spiro atoms. The van der Waals surface area contributed by atoms with Crippen LogP contribution in [0.15, 0.2) is 0 Å². The van der Waals surface area contributed by atoms with Crippen molar-refractivity contribution >= 4 is 6.03 Å². The van der Waals surface area contributed by atoms with E-state index in [0.717, 1.165) is 25.9 Å². The standard InChI is InChI=1S/C9H14N2O/c1-3-8-4-6-11(7-5-8)9(12)10-2/h1,8H,4-7H2,2H3,(H,10,12). The second-order valence-corrected chi connectivity index (χ2v) is 2.98. The SMILES string of the molecule is C#CC1CCN(C(=O)NC)CC1. The number of carbonyl (C=O) groups is 1. The summed E-state index contributed by atoms with van der Waals surface area (Å²) in [7, 11) is 1.65. The third kappa shape index (κ3) is 1.91. The van der Waals surface area contributed by atoms with Gasteiger partial charge in [0, 0.05) is 26.1 Å². The van der Waals surface area contributed by atoms with Gasteiger partial charge in [-0.2, -0.15) is 0 Å². The normalized spacial score (nSPS) is 18.5. The molecule has 1 aliphatic rings. The van der Waals surface area contributed by atoms with E-state index < -0.39 is 0 Å². The number of hydrogen-bond donors (Lipinski definition) is 1. The van der Waals surface area contributed by atoms with Crippen LogP contribution in [-0.2, 0) is 0 Å². The van der Waals surface area contributed by atoms with E-state index in [-0.39, 0.29) is 6.03 Å². The smallest absolute Gasteiger partial charge is 0.317 e. The molecule has 3 heteroatoms. The highest BCUT2D eigenvalue weighted by Gasteiger charge is 2.20. The maximum absolute atomic E-state index is 11.1. The average molecular weight is 166 g/mol. The first kappa shape index (κ1) is 8.92. The van der Waals surface area contributed by atoms with Crippen LogP contribution in [0.3, 0.4) is 0 Å². The highest BCUT2D eigenvalue weighted by atomic mass is 16.2. The highest BCUT2D eigenvalue weighted by molar-refractivity contribution is 5.73. The van der Waals surface area contributed by atoms with Crippen LogP contribution < -0.4 is 5.32 Å². The molecule has 1 N–H and O–H groups in total. The van der Waals surface area contributed by atoms with Crippen LogP contribution in [0.25, 0.3) is 0 Å². The van der Waals surface area contributed by atoms with Crippen molar-refractivity contribution in [3.63, 3.8) is 0 Å². The fraction of sp³-hybridized carbons (Fsp3) is 0.667. The van der Waals surface area contributed by atoms with E-state index in [1.807, 2.05) is 0 Å². The first-order valence-corrected chi connectivity index (χ1v) is 4.20. The molecule has 1 rings (SSSR count). The summed E-state index contributed by atoms with van der Waals surface area (Å²) in [5, 5.41) is 2.60. The molecule has 0 aromatic carbocycles. The van der Waals surface area contributed by atoms with Crippen LogP contribution in [0.1, 0.15) is 12.8 Å². The van der Waals surface area contributed by atoms with E-state index in [1.165, 1.54) is 0 Å². The molecule has 1 aliphatic heterocycles. The molecule has 0 radical (unpaired) electrons. The van der Waals surface area contributed by atoms with Crippen LogP contribution >= 0.6 is 0 Å². The van der Waals surface area contributed by atoms with E-state index >= 15 is 0 Å². The van der Waals surface area contributed by atoms with Gasteiger partial charge in [-0.1, -0.05) is 0 Å². The molecule has 0 aromatic rings. The fourth-order valence-corrected chi connectivity index (χ4v) is 1.41. The molecule has 2 amide bonds. The van der Waals surface area contributed by atoms with Gasteiger partial charge in [0.2, 0.25) is 0 Å². The monoisotopic (exact) mass is 166 g/mol. The van der Waals surface area contributed by atoms with Gasteiger partial charge in [0.05, 0.1) is 0 Å². The second kappa shape index (κ2) is 4.01. The molecule has 0 bridgehead atoms. The lowest BCUT2D eigenvalue weighted by Crippen LogP contribution is -2.42. The third-order valence-corrected chi connectivity index (χ3v) is 2.23. The van der Waals surface area contributed by atoms with E-state index in [1.54, 1.807) is 11.9 Å². The van der Waals surface area contributed by atoms with Gasteiger partial charge >= 0.3 is 6.03 Å². The Morgan fingerprint density at radius 3 is 2.58 bits per heavy atom. The maximum Gasteiger partial charge on any atom is 0.317 e. The fourth-order valence-electron chi connectivity index (χ4n) is 1.41. The van der Waals surface area contributed by atoms with Gasteiger partial charge in [-0.05, 0) is 12.8 Å². The van der Waals surface area contributed by atoms with Crippen LogP contribution in [0.5, 0.6) is 0 Å². The molecule has 3 nitrogen and oxygen atoms in total. The molecule has 1 heterocycles.